The highest BCUT2D eigenvalue weighted by atomic mass is 16.1. The molecule has 1 atom stereocenters. The molecule has 0 bridgehead atoms. The van der Waals surface area contributed by atoms with Crippen molar-refractivity contribution >= 4 is 5.78 Å². The van der Waals surface area contributed by atoms with Gasteiger partial charge in [0.1, 0.15) is 5.78 Å². The fourth-order valence-electron chi connectivity index (χ4n) is 2.26. The first-order valence-corrected chi connectivity index (χ1v) is 6.93. The predicted octanol–water partition coefficient (Wildman–Crippen LogP) is 3.26. The van der Waals surface area contributed by atoms with Crippen LogP contribution in [0.1, 0.15) is 43.7 Å². The average Bonchev–Trinajstić information content (AvgIpc) is 2.37. The molecule has 0 spiro atoms. The number of carbonyl (C=O) groups is 1. The normalized spacial score (nSPS) is 12.4. The number of rotatable bonds is 8. The van der Waals surface area contributed by atoms with E-state index in [0.29, 0.717) is 24.5 Å². The Morgan fingerprint density at radius 1 is 1.28 bits per heavy atom. The molecule has 100 valence electrons. The first kappa shape index (κ1) is 14.9. The first-order chi connectivity index (χ1) is 8.67. The van der Waals surface area contributed by atoms with Crippen LogP contribution >= 0.6 is 0 Å². The van der Waals surface area contributed by atoms with Gasteiger partial charge in [0.25, 0.3) is 0 Å². The summed E-state index contributed by atoms with van der Waals surface area (Å²) in [6, 6.07) is 8.12. The van der Waals surface area contributed by atoms with Crippen LogP contribution in [0.5, 0.6) is 0 Å². The Bertz CT molecular complexity index is 373. The molecule has 1 aromatic rings. The fourth-order valence-corrected chi connectivity index (χ4v) is 2.26. The number of Topliss-reactive ketones (excluding diaryl/α,β-unsaturated/α-hetero) is 1. The summed E-state index contributed by atoms with van der Waals surface area (Å²) in [5.41, 5.74) is 7.94. The van der Waals surface area contributed by atoms with Gasteiger partial charge in [-0.2, -0.15) is 0 Å². The van der Waals surface area contributed by atoms with E-state index >= 15 is 0 Å². The topological polar surface area (TPSA) is 43.1 Å². The Balaban J connectivity index is 2.40. The largest absolute Gasteiger partial charge is 0.330 e. The third-order valence-electron chi connectivity index (χ3n) is 3.63. The van der Waals surface area contributed by atoms with Gasteiger partial charge < -0.3 is 5.73 Å². The molecule has 1 rings (SSSR count). The maximum Gasteiger partial charge on any atom is 0.137 e. The van der Waals surface area contributed by atoms with E-state index < -0.39 is 0 Å². The molecule has 0 aliphatic rings. The highest BCUT2D eigenvalue weighted by Gasteiger charge is 2.10. The van der Waals surface area contributed by atoms with Crippen molar-refractivity contribution in [1.29, 1.82) is 0 Å². The number of nitrogens with two attached hydrogens (primary N) is 1. The lowest BCUT2D eigenvalue weighted by Crippen LogP contribution is -2.11. The molecule has 0 saturated heterocycles. The van der Waals surface area contributed by atoms with Gasteiger partial charge in [0.15, 0.2) is 0 Å². The van der Waals surface area contributed by atoms with Crippen LogP contribution in [0.3, 0.4) is 0 Å². The highest BCUT2D eigenvalue weighted by Crippen LogP contribution is 2.16. The van der Waals surface area contributed by atoms with Crippen LogP contribution in [0.25, 0.3) is 0 Å². The molecule has 0 aromatic heterocycles. The van der Waals surface area contributed by atoms with Gasteiger partial charge in [-0.1, -0.05) is 37.6 Å². The molecule has 18 heavy (non-hydrogen) atoms. The summed E-state index contributed by atoms with van der Waals surface area (Å²) >= 11 is 0. The van der Waals surface area contributed by atoms with E-state index in [1.54, 1.807) is 0 Å². The summed E-state index contributed by atoms with van der Waals surface area (Å²) in [4.78, 5) is 12.0. The van der Waals surface area contributed by atoms with Crippen molar-refractivity contribution in [3.05, 3.63) is 35.4 Å². The maximum absolute atomic E-state index is 12.0. The zero-order valence-corrected chi connectivity index (χ0v) is 11.6. The Morgan fingerprint density at radius 2 is 2.00 bits per heavy atom. The van der Waals surface area contributed by atoms with Crippen LogP contribution in [0.4, 0.5) is 0 Å². The molecular formula is C16H25NO. The quantitative estimate of drug-likeness (QED) is 0.766. The van der Waals surface area contributed by atoms with Crippen molar-refractivity contribution in [3.8, 4) is 0 Å². The molecule has 0 aliphatic heterocycles. The van der Waals surface area contributed by atoms with E-state index in [1.807, 2.05) is 18.2 Å². The van der Waals surface area contributed by atoms with Crippen LogP contribution in [-0.2, 0) is 11.2 Å². The molecule has 0 heterocycles. The molecule has 0 saturated carbocycles. The summed E-state index contributed by atoms with van der Waals surface area (Å²) in [6.07, 6.45) is 4.40. The molecule has 0 amide bonds. The van der Waals surface area contributed by atoms with Gasteiger partial charge in [-0.3, -0.25) is 4.79 Å². The number of ketones is 1. The molecule has 2 N–H and O–H groups in total. The number of hydrogen-bond donors (Lipinski definition) is 1. The fraction of sp³-hybridized carbons (Fsp3) is 0.562. The van der Waals surface area contributed by atoms with Gasteiger partial charge in [0.05, 0.1) is 0 Å². The maximum atomic E-state index is 12.0. The van der Waals surface area contributed by atoms with Gasteiger partial charge in [0, 0.05) is 12.8 Å². The van der Waals surface area contributed by atoms with Gasteiger partial charge in [-0.25, -0.2) is 0 Å². The summed E-state index contributed by atoms with van der Waals surface area (Å²) in [6.45, 7) is 4.96. The van der Waals surface area contributed by atoms with Gasteiger partial charge in [-0.05, 0) is 43.4 Å². The molecule has 0 radical (unpaired) electrons. The molecule has 0 fully saturated rings. The summed E-state index contributed by atoms with van der Waals surface area (Å²) in [5, 5.41) is 0. The van der Waals surface area contributed by atoms with Crippen molar-refractivity contribution in [1.82, 2.24) is 0 Å². The van der Waals surface area contributed by atoms with Crippen LogP contribution in [-0.4, -0.2) is 12.3 Å². The smallest absolute Gasteiger partial charge is 0.137 e. The van der Waals surface area contributed by atoms with Crippen molar-refractivity contribution in [2.75, 3.05) is 6.54 Å². The minimum absolute atomic E-state index is 0.347. The number of benzene rings is 1. The SMILES string of the molecule is CCC(CCN)CCC(=O)Cc1ccccc1C. The highest BCUT2D eigenvalue weighted by molar-refractivity contribution is 5.81. The second kappa shape index (κ2) is 8.04. The van der Waals surface area contributed by atoms with Crippen LogP contribution in [0, 0.1) is 12.8 Å². The second-order valence-electron chi connectivity index (χ2n) is 5.03. The minimum Gasteiger partial charge on any atom is -0.330 e. The molecule has 1 aromatic carbocycles. The molecule has 2 nitrogen and oxygen atoms in total. The predicted molar refractivity (Wildman–Crippen MR) is 76.6 cm³/mol. The zero-order chi connectivity index (χ0) is 13.4. The Kier molecular flexibility index (Phi) is 6.66. The molecule has 2 heteroatoms. The van der Waals surface area contributed by atoms with Crippen molar-refractivity contribution in [2.24, 2.45) is 11.7 Å². The average molecular weight is 247 g/mol. The van der Waals surface area contributed by atoms with Crippen molar-refractivity contribution in [2.45, 2.75) is 46.0 Å². The molecule has 0 aliphatic carbocycles. The van der Waals surface area contributed by atoms with E-state index in [9.17, 15) is 4.79 Å². The van der Waals surface area contributed by atoms with E-state index in [4.69, 9.17) is 5.73 Å². The van der Waals surface area contributed by atoms with Crippen molar-refractivity contribution < 1.29 is 4.79 Å². The van der Waals surface area contributed by atoms with E-state index in [2.05, 4.69) is 19.9 Å². The van der Waals surface area contributed by atoms with Crippen LogP contribution < -0.4 is 5.73 Å². The van der Waals surface area contributed by atoms with E-state index in [1.165, 1.54) is 5.56 Å². The lowest BCUT2D eigenvalue weighted by Gasteiger charge is -2.13. The molecular weight excluding hydrogens is 222 g/mol. The van der Waals surface area contributed by atoms with Crippen LogP contribution in [0.2, 0.25) is 0 Å². The van der Waals surface area contributed by atoms with Gasteiger partial charge in [0.2, 0.25) is 0 Å². The monoisotopic (exact) mass is 247 g/mol. The third-order valence-corrected chi connectivity index (χ3v) is 3.63. The molecule has 1 unspecified atom stereocenters. The Labute approximate surface area is 111 Å². The summed E-state index contributed by atoms with van der Waals surface area (Å²) in [5.74, 6) is 0.954. The summed E-state index contributed by atoms with van der Waals surface area (Å²) in [7, 11) is 0. The Hall–Kier alpha value is -1.15. The van der Waals surface area contributed by atoms with Crippen LogP contribution in [0.15, 0.2) is 24.3 Å². The minimum atomic E-state index is 0.347. The number of aryl methyl sites for hydroxylation is 1. The lowest BCUT2D eigenvalue weighted by molar-refractivity contribution is -0.118. The second-order valence-corrected chi connectivity index (χ2v) is 5.03. The van der Waals surface area contributed by atoms with E-state index in [-0.39, 0.29) is 0 Å². The summed E-state index contributed by atoms with van der Waals surface area (Å²) < 4.78 is 0. The third kappa shape index (κ3) is 5.01. The zero-order valence-electron chi connectivity index (χ0n) is 11.6. The Morgan fingerprint density at radius 3 is 2.61 bits per heavy atom. The van der Waals surface area contributed by atoms with Gasteiger partial charge >= 0.3 is 0 Å². The van der Waals surface area contributed by atoms with E-state index in [0.717, 1.165) is 31.4 Å². The lowest BCUT2D eigenvalue weighted by atomic mass is 9.93. The van der Waals surface area contributed by atoms with Crippen molar-refractivity contribution in [3.63, 3.8) is 0 Å². The first-order valence-electron chi connectivity index (χ1n) is 6.93. The van der Waals surface area contributed by atoms with Gasteiger partial charge in [-0.15, -0.1) is 0 Å². The number of carbonyl (C=O) groups excluding carboxylic acids is 1. The standard InChI is InChI=1S/C16H25NO/c1-3-14(10-11-17)8-9-16(18)12-15-7-5-4-6-13(15)2/h4-7,14H,3,8-12,17H2,1-2H3. The number of hydrogen-bond acceptors (Lipinski definition) is 2.